The molecule has 3 N–H and O–H groups in total. The van der Waals surface area contributed by atoms with Crippen molar-refractivity contribution in [3.05, 3.63) is 35.9 Å². The van der Waals surface area contributed by atoms with Crippen LogP contribution in [0.5, 0.6) is 0 Å². The van der Waals surface area contributed by atoms with Gasteiger partial charge in [-0.25, -0.2) is 0 Å². The Morgan fingerprint density at radius 2 is 1.81 bits per heavy atom. The van der Waals surface area contributed by atoms with Crippen molar-refractivity contribution in [3.8, 4) is 0 Å². The van der Waals surface area contributed by atoms with Crippen molar-refractivity contribution in [2.75, 3.05) is 0 Å². The van der Waals surface area contributed by atoms with Crippen molar-refractivity contribution < 1.29 is 23.1 Å². The molecule has 0 fully saturated rings. The largest absolute Gasteiger partial charge is 0.429 e. The Balaban J connectivity index is 2.48. The SMILES string of the molecule is O=C(NN[C@@H](O)C(F)(F)F)c1ccccc1. The lowest BCUT2D eigenvalue weighted by atomic mass is 10.2. The lowest BCUT2D eigenvalue weighted by Crippen LogP contribution is -2.51. The molecule has 4 nitrogen and oxygen atoms in total. The van der Waals surface area contributed by atoms with Gasteiger partial charge in [0.05, 0.1) is 0 Å². The maximum atomic E-state index is 11.8. The monoisotopic (exact) mass is 234 g/mol. The molecule has 1 aromatic carbocycles. The molecule has 1 rings (SSSR count). The number of hydrogen-bond acceptors (Lipinski definition) is 3. The number of benzene rings is 1. The highest BCUT2D eigenvalue weighted by Gasteiger charge is 2.38. The zero-order chi connectivity index (χ0) is 12.2. The maximum Gasteiger partial charge on any atom is 0.429 e. The first-order valence-electron chi connectivity index (χ1n) is 4.27. The van der Waals surface area contributed by atoms with Crippen LogP contribution in [0, 0.1) is 0 Å². The molecule has 1 aromatic rings. The standard InChI is InChI=1S/C9H9F3N2O2/c10-9(11,12)8(16)14-13-7(15)6-4-2-1-3-5-6/h1-5,8,14,16H,(H,13,15)/t8-/m0/s1. The van der Waals surface area contributed by atoms with Gasteiger partial charge in [0.1, 0.15) is 0 Å². The van der Waals surface area contributed by atoms with Gasteiger partial charge in [0.25, 0.3) is 5.91 Å². The minimum absolute atomic E-state index is 0.185. The Morgan fingerprint density at radius 1 is 1.25 bits per heavy atom. The molecule has 0 aliphatic carbocycles. The van der Waals surface area contributed by atoms with Crippen LogP contribution in [0.4, 0.5) is 13.2 Å². The number of nitrogens with one attached hydrogen (secondary N) is 2. The summed E-state index contributed by atoms with van der Waals surface area (Å²) in [4.78, 5) is 11.2. The fourth-order valence-electron chi connectivity index (χ4n) is 0.877. The summed E-state index contributed by atoms with van der Waals surface area (Å²) in [6.07, 6.45) is -7.62. The average Bonchev–Trinajstić information content (AvgIpc) is 2.25. The number of alkyl halides is 3. The van der Waals surface area contributed by atoms with Gasteiger partial charge < -0.3 is 5.11 Å². The van der Waals surface area contributed by atoms with E-state index in [0.717, 1.165) is 0 Å². The molecule has 1 amide bonds. The Hall–Kier alpha value is -1.60. The van der Waals surface area contributed by atoms with E-state index in [2.05, 4.69) is 0 Å². The molecule has 0 bridgehead atoms. The first kappa shape index (κ1) is 12.5. The minimum Gasteiger partial charge on any atom is -0.369 e. The Morgan fingerprint density at radius 3 is 2.31 bits per heavy atom. The summed E-state index contributed by atoms with van der Waals surface area (Å²) >= 11 is 0. The normalized spacial score (nSPS) is 13.2. The minimum atomic E-state index is -4.83. The van der Waals surface area contributed by atoms with Crippen LogP contribution in [-0.2, 0) is 0 Å². The molecule has 0 saturated heterocycles. The van der Waals surface area contributed by atoms with E-state index in [-0.39, 0.29) is 5.56 Å². The molecule has 7 heteroatoms. The van der Waals surface area contributed by atoms with E-state index in [1.807, 2.05) is 0 Å². The van der Waals surface area contributed by atoms with Crippen molar-refractivity contribution >= 4 is 5.91 Å². The number of hydrogen-bond donors (Lipinski definition) is 3. The molecule has 0 spiro atoms. The van der Waals surface area contributed by atoms with Crippen LogP contribution in [0.2, 0.25) is 0 Å². The number of rotatable bonds is 3. The third-order valence-corrected chi connectivity index (χ3v) is 1.67. The average molecular weight is 234 g/mol. The van der Waals surface area contributed by atoms with Gasteiger partial charge in [0, 0.05) is 5.56 Å². The Kier molecular flexibility index (Phi) is 3.86. The van der Waals surface area contributed by atoms with Gasteiger partial charge in [-0.1, -0.05) is 18.2 Å². The van der Waals surface area contributed by atoms with Gasteiger partial charge in [0.2, 0.25) is 6.23 Å². The van der Waals surface area contributed by atoms with Crippen molar-refractivity contribution in [2.24, 2.45) is 0 Å². The van der Waals surface area contributed by atoms with E-state index in [0.29, 0.717) is 0 Å². The highest BCUT2D eigenvalue weighted by atomic mass is 19.4. The predicted octanol–water partition coefficient (Wildman–Crippen LogP) is 0.802. The Bertz CT molecular complexity index is 354. The number of hydrazine groups is 1. The highest BCUT2D eigenvalue weighted by molar-refractivity contribution is 5.93. The molecule has 0 unspecified atom stereocenters. The van der Waals surface area contributed by atoms with Gasteiger partial charge in [-0.05, 0) is 12.1 Å². The number of aliphatic hydroxyl groups excluding tert-OH is 1. The van der Waals surface area contributed by atoms with Crippen LogP contribution in [0.3, 0.4) is 0 Å². The van der Waals surface area contributed by atoms with Crippen LogP contribution in [0.25, 0.3) is 0 Å². The quantitative estimate of drug-likeness (QED) is 0.535. The van der Waals surface area contributed by atoms with E-state index < -0.39 is 18.3 Å². The lowest BCUT2D eigenvalue weighted by Gasteiger charge is -2.16. The van der Waals surface area contributed by atoms with E-state index >= 15 is 0 Å². The summed E-state index contributed by atoms with van der Waals surface area (Å²) in [7, 11) is 0. The number of carbonyl (C=O) groups is 1. The van der Waals surface area contributed by atoms with E-state index in [4.69, 9.17) is 5.11 Å². The summed E-state index contributed by atoms with van der Waals surface area (Å²) in [5.74, 6) is -0.760. The maximum absolute atomic E-state index is 11.8. The van der Waals surface area contributed by atoms with Gasteiger partial charge in [-0.3, -0.25) is 10.2 Å². The third kappa shape index (κ3) is 3.52. The molecule has 0 aliphatic rings. The number of amides is 1. The van der Waals surface area contributed by atoms with Crippen molar-refractivity contribution in [2.45, 2.75) is 12.4 Å². The number of carbonyl (C=O) groups excluding carboxylic acids is 1. The summed E-state index contributed by atoms with van der Waals surface area (Å²) in [6.45, 7) is 0. The number of halogens is 3. The van der Waals surface area contributed by atoms with Crippen LogP contribution in [0.15, 0.2) is 30.3 Å². The van der Waals surface area contributed by atoms with Crippen LogP contribution in [0.1, 0.15) is 10.4 Å². The second-order valence-corrected chi connectivity index (χ2v) is 2.91. The van der Waals surface area contributed by atoms with E-state index in [1.165, 1.54) is 17.6 Å². The van der Waals surface area contributed by atoms with E-state index in [9.17, 15) is 18.0 Å². The highest BCUT2D eigenvalue weighted by Crippen LogP contribution is 2.17. The molecule has 0 aromatic heterocycles. The summed E-state index contributed by atoms with van der Waals surface area (Å²) in [6, 6.07) is 7.65. The topological polar surface area (TPSA) is 61.4 Å². The Labute approximate surface area is 89.0 Å². The smallest absolute Gasteiger partial charge is 0.369 e. The molecular formula is C9H9F3N2O2. The molecule has 1 atom stereocenters. The van der Waals surface area contributed by atoms with Crippen LogP contribution >= 0.6 is 0 Å². The first-order valence-corrected chi connectivity index (χ1v) is 4.27. The summed E-state index contributed by atoms with van der Waals surface area (Å²) in [5, 5.41) is 8.53. The van der Waals surface area contributed by atoms with E-state index in [1.54, 1.807) is 23.6 Å². The van der Waals surface area contributed by atoms with Crippen LogP contribution < -0.4 is 10.9 Å². The molecule has 0 heterocycles. The van der Waals surface area contributed by atoms with Gasteiger partial charge in [-0.2, -0.15) is 18.6 Å². The lowest BCUT2D eigenvalue weighted by molar-refractivity contribution is -0.215. The summed E-state index contributed by atoms with van der Waals surface area (Å²) < 4.78 is 35.5. The van der Waals surface area contributed by atoms with Crippen molar-refractivity contribution in [1.82, 2.24) is 10.9 Å². The molecule has 16 heavy (non-hydrogen) atoms. The fourth-order valence-corrected chi connectivity index (χ4v) is 0.877. The van der Waals surface area contributed by atoms with Gasteiger partial charge in [0.15, 0.2) is 0 Å². The third-order valence-electron chi connectivity index (χ3n) is 1.67. The molecule has 0 aliphatic heterocycles. The van der Waals surface area contributed by atoms with Crippen molar-refractivity contribution in [3.63, 3.8) is 0 Å². The van der Waals surface area contributed by atoms with Crippen LogP contribution in [-0.4, -0.2) is 23.4 Å². The second kappa shape index (κ2) is 4.95. The fraction of sp³-hybridized carbons (Fsp3) is 0.222. The predicted molar refractivity (Wildman–Crippen MR) is 49.1 cm³/mol. The summed E-state index contributed by atoms with van der Waals surface area (Å²) in [5.41, 5.74) is 3.38. The van der Waals surface area contributed by atoms with Crippen molar-refractivity contribution in [1.29, 1.82) is 0 Å². The molecule has 0 radical (unpaired) electrons. The zero-order valence-electron chi connectivity index (χ0n) is 7.95. The first-order chi connectivity index (χ1) is 7.41. The molecular weight excluding hydrogens is 225 g/mol. The molecule has 88 valence electrons. The second-order valence-electron chi connectivity index (χ2n) is 2.91. The van der Waals surface area contributed by atoms with Gasteiger partial charge in [-0.15, -0.1) is 0 Å². The van der Waals surface area contributed by atoms with Gasteiger partial charge >= 0.3 is 6.18 Å². The molecule has 0 saturated carbocycles. The zero-order valence-corrected chi connectivity index (χ0v) is 7.95. The number of aliphatic hydroxyl groups is 1.